The lowest BCUT2D eigenvalue weighted by atomic mass is 10.1. The number of aliphatic carboxylic acids is 1. The van der Waals surface area contributed by atoms with Crippen molar-refractivity contribution in [3.05, 3.63) is 29.6 Å². The fraction of sp³-hybridized carbons (Fsp3) is 0.385. The molecule has 1 aromatic carbocycles. The van der Waals surface area contributed by atoms with Gasteiger partial charge in [-0.3, -0.25) is 4.79 Å². The van der Waals surface area contributed by atoms with Gasteiger partial charge in [0.05, 0.1) is 13.2 Å². The van der Waals surface area contributed by atoms with Crippen molar-refractivity contribution in [2.75, 3.05) is 13.7 Å². The van der Waals surface area contributed by atoms with Gasteiger partial charge in [-0.1, -0.05) is 0 Å². The Bertz CT molecular complexity index is 548. The quantitative estimate of drug-likeness (QED) is 0.843. The van der Waals surface area contributed by atoms with Gasteiger partial charge < -0.3 is 19.8 Å². The number of aliphatic hydroxyl groups excluding tert-OH is 1. The number of rotatable bonds is 3. The number of amides is 1. The van der Waals surface area contributed by atoms with Crippen molar-refractivity contribution in [3.63, 3.8) is 0 Å². The number of carbonyl (C=O) groups is 2. The minimum Gasteiger partial charge on any atom is -0.494 e. The number of β-amino-alcohol motifs (C(OH)–C–C–N with tert-alkyl or cyclic N) is 1. The lowest BCUT2D eigenvalue weighted by Gasteiger charge is -2.21. The molecular weight excluding hydrogens is 269 g/mol. The Balaban J connectivity index is 2.28. The highest BCUT2D eigenvalue weighted by Crippen LogP contribution is 2.24. The van der Waals surface area contributed by atoms with Gasteiger partial charge in [0, 0.05) is 18.5 Å². The monoisotopic (exact) mass is 283 g/mol. The van der Waals surface area contributed by atoms with Gasteiger partial charge in [-0.2, -0.15) is 0 Å². The summed E-state index contributed by atoms with van der Waals surface area (Å²) in [5.41, 5.74) is 0.114. The number of hydrogen-bond acceptors (Lipinski definition) is 4. The van der Waals surface area contributed by atoms with Crippen molar-refractivity contribution >= 4 is 11.9 Å². The van der Waals surface area contributed by atoms with Gasteiger partial charge in [-0.15, -0.1) is 0 Å². The molecule has 2 rings (SSSR count). The van der Waals surface area contributed by atoms with Crippen LogP contribution in [0.15, 0.2) is 18.2 Å². The van der Waals surface area contributed by atoms with Crippen LogP contribution in [0.25, 0.3) is 0 Å². The Morgan fingerprint density at radius 1 is 1.45 bits per heavy atom. The van der Waals surface area contributed by atoms with E-state index in [0.29, 0.717) is 0 Å². The van der Waals surface area contributed by atoms with E-state index in [1.165, 1.54) is 19.2 Å². The second-order valence-corrected chi connectivity index (χ2v) is 4.55. The molecule has 0 aliphatic carbocycles. The molecular formula is C13H14FNO5. The predicted octanol–water partition coefficient (Wildman–Crippen LogP) is 0.494. The molecule has 108 valence electrons. The normalized spacial score (nSPS) is 21.9. The standard InChI is InChI=1S/C13H14FNO5/c1-20-11-4-7(2-3-9(11)14)12(17)15-6-8(16)5-10(15)13(18)19/h2-4,8,10,16H,5-6H2,1H3,(H,18,19)/t8-,10-/m0/s1. The van der Waals surface area contributed by atoms with Crippen molar-refractivity contribution < 1.29 is 28.9 Å². The van der Waals surface area contributed by atoms with E-state index in [9.17, 15) is 19.1 Å². The molecule has 0 bridgehead atoms. The molecule has 0 spiro atoms. The fourth-order valence-corrected chi connectivity index (χ4v) is 2.23. The number of carbonyl (C=O) groups excluding carboxylic acids is 1. The Kier molecular flexibility index (Phi) is 3.89. The van der Waals surface area contributed by atoms with E-state index in [4.69, 9.17) is 9.84 Å². The van der Waals surface area contributed by atoms with Crippen LogP contribution in [0.3, 0.4) is 0 Å². The molecule has 1 aliphatic rings. The van der Waals surface area contributed by atoms with Crippen LogP contribution in [0, 0.1) is 5.82 Å². The first-order valence-corrected chi connectivity index (χ1v) is 5.99. The first kappa shape index (κ1) is 14.3. The molecule has 2 N–H and O–H groups in total. The second kappa shape index (κ2) is 5.46. The van der Waals surface area contributed by atoms with Crippen LogP contribution in [-0.4, -0.2) is 52.8 Å². The minimum atomic E-state index is -1.18. The van der Waals surface area contributed by atoms with Crippen LogP contribution in [0.1, 0.15) is 16.8 Å². The third kappa shape index (κ3) is 2.57. The van der Waals surface area contributed by atoms with E-state index in [0.717, 1.165) is 11.0 Å². The Morgan fingerprint density at radius 3 is 2.75 bits per heavy atom. The summed E-state index contributed by atoms with van der Waals surface area (Å²) in [6, 6.07) is 2.47. The average molecular weight is 283 g/mol. The zero-order valence-electron chi connectivity index (χ0n) is 10.7. The molecule has 1 amide bonds. The van der Waals surface area contributed by atoms with Gasteiger partial charge in [-0.05, 0) is 18.2 Å². The summed E-state index contributed by atoms with van der Waals surface area (Å²) < 4.78 is 18.1. The molecule has 1 heterocycles. The van der Waals surface area contributed by atoms with Crippen molar-refractivity contribution in [3.8, 4) is 5.75 Å². The molecule has 0 saturated carbocycles. The van der Waals surface area contributed by atoms with Gasteiger partial charge in [-0.25, -0.2) is 9.18 Å². The number of nitrogens with zero attached hydrogens (tertiary/aromatic N) is 1. The van der Waals surface area contributed by atoms with Gasteiger partial charge in [0.2, 0.25) is 0 Å². The third-order valence-electron chi connectivity index (χ3n) is 3.22. The zero-order chi connectivity index (χ0) is 14.9. The second-order valence-electron chi connectivity index (χ2n) is 4.55. The van der Waals surface area contributed by atoms with Gasteiger partial charge in [0.15, 0.2) is 11.6 Å². The molecule has 2 atom stereocenters. The Morgan fingerprint density at radius 2 is 2.15 bits per heavy atom. The van der Waals surface area contributed by atoms with Crippen LogP contribution in [0.2, 0.25) is 0 Å². The Hall–Kier alpha value is -2.15. The summed E-state index contributed by atoms with van der Waals surface area (Å²) in [6.07, 6.45) is -0.887. The molecule has 0 radical (unpaired) electrons. The number of methoxy groups -OCH3 is 1. The number of ether oxygens (including phenoxy) is 1. The number of carboxylic acids is 1. The zero-order valence-corrected chi connectivity index (χ0v) is 10.7. The number of benzene rings is 1. The summed E-state index contributed by atoms with van der Waals surface area (Å²) >= 11 is 0. The molecule has 0 aromatic heterocycles. The molecule has 1 aromatic rings. The summed E-state index contributed by atoms with van der Waals surface area (Å²) in [5, 5.41) is 18.6. The predicted molar refractivity (Wildman–Crippen MR) is 66.0 cm³/mol. The number of carboxylic acid groups (broad SMARTS) is 1. The van der Waals surface area contributed by atoms with Crippen LogP contribution >= 0.6 is 0 Å². The lowest BCUT2D eigenvalue weighted by Crippen LogP contribution is -2.40. The van der Waals surface area contributed by atoms with Crippen molar-refractivity contribution in [2.45, 2.75) is 18.6 Å². The maximum absolute atomic E-state index is 13.3. The Labute approximate surface area is 114 Å². The van der Waals surface area contributed by atoms with E-state index in [1.807, 2.05) is 0 Å². The molecule has 20 heavy (non-hydrogen) atoms. The van der Waals surface area contributed by atoms with E-state index in [2.05, 4.69) is 0 Å². The topological polar surface area (TPSA) is 87.1 Å². The maximum atomic E-state index is 13.3. The molecule has 1 aliphatic heterocycles. The van der Waals surface area contributed by atoms with E-state index < -0.39 is 29.8 Å². The van der Waals surface area contributed by atoms with Crippen molar-refractivity contribution in [1.29, 1.82) is 0 Å². The highest BCUT2D eigenvalue weighted by Gasteiger charge is 2.39. The smallest absolute Gasteiger partial charge is 0.326 e. The van der Waals surface area contributed by atoms with Crippen LogP contribution in [-0.2, 0) is 4.79 Å². The largest absolute Gasteiger partial charge is 0.494 e. The van der Waals surface area contributed by atoms with Crippen LogP contribution in [0.4, 0.5) is 4.39 Å². The molecule has 1 fully saturated rings. The highest BCUT2D eigenvalue weighted by atomic mass is 19.1. The molecule has 7 heteroatoms. The SMILES string of the molecule is COc1cc(C(=O)N2C[C@@H](O)C[C@H]2C(=O)O)ccc1F. The first-order valence-electron chi connectivity index (χ1n) is 5.99. The van der Waals surface area contributed by atoms with E-state index in [-0.39, 0.29) is 24.3 Å². The van der Waals surface area contributed by atoms with Gasteiger partial charge >= 0.3 is 5.97 Å². The number of halogens is 1. The van der Waals surface area contributed by atoms with Crippen LogP contribution < -0.4 is 4.74 Å². The number of hydrogen-bond donors (Lipinski definition) is 2. The van der Waals surface area contributed by atoms with Gasteiger partial charge in [0.25, 0.3) is 5.91 Å². The molecule has 6 nitrogen and oxygen atoms in total. The van der Waals surface area contributed by atoms with Crippen LogP contribution in [0.5, 0.6) is 5.75 Å². The van der Waals surface area contributed by atoms with Crippen molar-refractivity contribution in [2.24, 2.45) is 0 Å². The summed E-state index contributed by atoms with van der Waals surface area (Å²) in [7, 11) is 1.27. The van der Waals surface area contributed by atoms with Crippen molar-refractivity contribution in [1.82, 2.24) is 4.90 Å². The minimum absolute atomic E-state index is 0.0145. The van der Waals surface area contributed by atoms with E-state index >= 15 is 0 Å². The lowest BCUT2D eigenvalue weighted by molar-refractivity contribution is -0.141. The third-order valence-corrected chi connectivity index (χ3v) is 3.22. The number of aliphatic hydroxyl groups is 1. The summed E-state index contributed by atoms with van der Waals surface area (Å²) in [6.45, 7) is -0.0600. The summed E-state index contributed by atoms with van der Waals surface area (Å²) in [5.74, 6) is -2.46. The average Bonchev–Trinajstić information content (AvgIpc) is 2.81. The van der Waals surface area contributed by atoms with E-state index in [1.54, 1.807) is 0 Å². The fourth-order valence-electron chi connectivity index (χ4n) is 2.23. The molecule has 1 saturated heterocycles. The summed E-state index contributed by atoms with van der Waals surface area (Å²) in [4.78, 5) is 24.4. The first-order chi connectivity index (χ1) is 9.43. The molecule has 0 unspecified atom stereocenters. The highest BCUT2D eigenvalue weighted by molar-refractivity contribution is 5.97. The van der Waals surface area contributed by atoms with Gasteiger partial charge in [0.1, 0.15) is 6.04 Å². The maximum Gasteiger partial charge on any atom is 0.326 e. The number of likely N-dealkylation sites (tertiary alicyclic amines) is 1.